The number of benzene rings is 2. The Balaban J connectivity index is 2.44. The minimum atomic E-state index is 0.172. The molecule has 3 heteroatoms. The lowest BCUT2D eigenvalue weighted by Gasteiger charge is -2.22. The molecule has 1 N–H and O–H groups in total. The Labute approximate surface area is 134 Å². The van der Waals surface area contributed by atoms with Crippen LogP contribution < -0.4 is 5.32 Å². The summed E-state index contributed by atoms with van der Waals surface area (Å²) in [4.78, 5) is 0. The molecule has 106 valence electrons. The highest BCUT2D eigenvalue weighted by Crippen LogP contribution is 2.30. The molecule has 0 aliphatic carbocycles. The summed E-state index contributed by atoms with van der Waals surface area (Å²) in [5.74, 6) is 0. The maximum absolute atomic E-state index is 6.14. The van der Waals surface area contributed by atoms with Crippen LogP contribution in [-0.4, -0.2) is 6.54 Å². The number of hydrogen-bond acceptors (Lipinski definition) is 1. The summed E-state index contributed by atoms with van der Waals surface area (Å²) < 4.78 is 1.14. The molecule has 2 rings (SSSR count). The largest absolute Gasteiger partial charge is 0.306 e. The summed E-state index contributed by atoms with van der Waals surface area (Å²) in [6, 6.07) is 14.6. The molecule has 2 aromatic carbocycles. The van der Waals surface area contributed by atoms with Crippen LogP contribution in [0.2, 0.25) is 5.02 Å². The molecule has 0 aliphatic heterocycles. The molecule has 0 fully saturated rings. The first-order valence-electron chi connectivity index (χ1n) is 6.87. The van der Waals surface area contributed by atoms with E-state index in [0.29, 0.717) is 0 Å². The lowest BCUT2D eigenvalue weighted by atomic mass is 9.95. The summed E-state index contributed by atoms with van der Waals surface area (Å²) in [5, 5.41) is 4.39. The van der Waals surface area contributed by atoms with Gasteiger partial charge in [-0.05, 0) is 54.8 Å². The molecule has 0 bridgehead atoms. The van der Waals surface area contributed by atoms with Gasteiger partial charge in [0.05, 0.1) is 6.04 Å². The summed E-state index contributed by atoms with van der Waals surface area (Å²) in [6.45, 7) is 5.30. The third-order valence-electron chi connectivity index (χ3n) is 3.40. The van der Waals surface area contributed by atoms with E-state index in [9.17, 15) is 0 Å². The van der Waals surface area contributed by atoms with Crippen molar-refractivity contribution in [1.29, 1.82) is 0 Å². The van der Waals surface area contributed by atoms with Gasteiger partial charge in [-0.3, -0.25) is 0 Å². The minimum absolute atomic E-state index is 0.172. The van der Waals surface area contributed by atoms with E-state index in [1.807, 2.05) is 18.2 Å². The fourth-order valence-corrected chi connectivity index (χ4v) is 2.90. The van der Waals surface area contributed by atoms with E-state index in [2.05, 4.69) is 59.4 Å². The van der Waals surface area contributed by atoms with E-state index in [0.717, 1.165) is 22.5 Å². The topological polar surface area (TPSA) is 12.0 Å². The third kappa shape index (κ3) is 3.63. The highest BCUT2D eigenvalue weighted by molar-refractivity contribution is 9.10. The Morgan fingerprint density at radius 1 is 1.20 bits per heavy atom. The van der Waals surface area contributed by atoms with Crippen LogP contribution >= 0.6 is 27.5 Å². The van der Waals surface area contributed by atoms with Gasteiger partial charge in [0.2, 0.25) is 0 Å². The molecule has 0 amide bonds. The van der Waals surface area contributed by atoms with Gasteiger partial charge in [0, 0.05) is 9.50 Å². The van der Waals surface area contributed by atoms with Crippen molar-refractivity contribution in [3.63, 3.8) is 0 Å². The lowest BCUT2D eigenvalue weighted by molar-refractivity contribution is 0.596. The first kappa shape index (κ1) is 15.6. The van der Waals surface area contributed by atoms with E-state index in [1.54, 1.807) is 0 Å². The Morgan fingerprint density at radius 2 is 1.95 bits per heavy atom. The highest BCUT2D eigenvalue weighted by Gasteiger charge is 2.16. The van der Waals surface area contributed by atoms with E-state index in [1.165, 1.54) is 16.7 Å². The fourth-order valence-electron chi connectivity index (χ4n) is 2.32. The van der Waals surface area contributed by atoms with Crippen LogP contribution in [0.4, 0.5) is 0 Å². The van der Waals surface area contributed by atoms with Crippen molar-refractivity contribution in [1.82, 2.24) is 5.32 Å². The maximum atomic E-state index is 6.14. The normalized spacial score (nSPS) is 12.4. The average molecular weight is 353 g/mol. The van der Waals surface area contributed by atoms with Crippen LogP contribution in [0.25, 0.3) is 0 Å². The second-order valence-electron chi connectivity index (χ2n) is 4.90. The second kappa shape index (κ2) is 7.26. The molecule has 0 radical (unpaired) electrons. The zero-order valence-electron chi connectivity index (χ0n) is 11.8. The van der Waals surface area contributed by atoms with Crippen LogP contribution in [0.15, 0.2) is 46.9 Å². The van der Waals surface area contributed by atoms with Crippen molar-refractivity contribution in [2.45, 2.75) is 26.3 Å². The van der Waals surface area contributed by atoms with Gasteiger partial charge in [0.1, 0.15) is 0 Å². The Kier molecular flexibility index (Phi) is 5.64. The van der Waals surface area contributed by atoms with Gasteiger partial charge in [0.25, 0.3) is 0 Å². The third-order valence-corrected chi connectivity index (χ3v) is 4.50. The Morgan fingerprint density at radius 3 is 2.65 bits per heavy atom. The van der Waals surface area contributed by atoms with Crippen LogP contribution in [0, 0.1) is 6.92 Å². The quantitative estimate of drug-likeness (QED) is 0.749. The first-order valence-corrected chi connectivity index (χ1v) is 8.04. The standard InChI is InChI=1S/C17H19BrClN/c1-3-10-20-17(13-6-4-7-14(19)11-13)15-8-5-9-16(18)12(15)2/h4-9,11,17,20H,3,10H2,1-2H3. The van der Waals surface area contributed by atoms with Gasteiger partial charge >= 0.3 is 0 Å². The number of rotatable bonds is 5. The fraction of sp³-hybridized carbons (Fsp3) is 0.294. The van der Waals surface area contributed by atoms with Gasteiger partial charge in [0.15, 0.2) is 0 Å². The van der Waals surface area contributed by atoms with Crippen molar-refractivity contribution in [3.8, 4) is 0 Å². The molecule has 0 heterocycles. The number of halogens is 2. The van der Waals surface area contributed by atoms with Gasteiger partial charge in [-0.2, -0.15) is 0 Å². The first-order chi connectivity index (χ1) is 9.63. The van der Waals surface area contributed by atoms with Crippen LogP contribution in [-0.2, 0) is 0 Å². The predicted octanol–water partition coefficient (Wildman–Crippen LogP) is 5.50. The summed E-state index contributed by atoms with van der Waals surface area (Å²) in [5.41, 5.74) is 3.75. The average Bonchev–Trinajstić information content (AvgIpc) is 2.44. The van der Waals surface area contributed by atoms with Crippen molar-refractivity contribution in [2.75, 3.05) is 6.54 Å². The molecule has 1 atom stereocenters. The Hall–Kier alpha value is -0.830. The highest BCUT2D eigenvalue weighted by atomic mass is 79.9. The second-order valence-corrected chi connectivity index (χ2v) is 6.19. The smallest absolute Gasteiger partial charge is 0.0580 e. The van der Waals surface area contributed by atoms with Crippen LogP contribution in [0.1, 0.15) is 36.1 Å². The van der Waals surface area contributed by atoms with Gasteiger partial charge in [-0.25, -0.2) is 0 Å². The molecule has 1 nitrogen and oxygen atoms in total. The summed E-state index contributed by atoms with van der Waals surface area (Å²) in [6.07, 6.45) is 1.10. The van der Waals surface area contributed by atoms with Gasteiger partial charge in [-0.15, -0.1) is 0 Å². The van der Waals surface area contributed by atoms with Crippen molar-refractivity contribution < 1.29 is 0 Å². The molecule has 2 aromatic rings. The van der Waals surface area contributed by atoms with Gasteiger partial charge < -0.3 is 5.32 Å². The van der Waals surface area contributed by atoms with Crippen LogP contribution in [0.3, 0.4) is 0 Å². The van der Waals surface area contributed by atoms with Crippen molar-refractivity contribution in [3.05, 3.63) is 68.7 Å². The zero-order valence-corrected chi connectivity index (χ0v) is 14.1. The predicted molar refractivity (Wildman–Crippen MR) is 90.5 cm³/mol. The SMILES string of the molecule is CCCNC(c1cccc(Cl)c1)c1cccc(Br)c1C. The zero-order chi connectivity index (χ0) is 14.5. The van der Waals surface area contributed by atoms with Gasteiger partial charge in [-0.1, -0.05) is 58.7 Å². The molecule has 1 unspecified atom stereocenters. The molecular formula is C17H19BrClN. The Bertz CT molecular complexity index is 583. The molecule has 0 aromatic heterocycles. The molecule has 0 saturated heterocycles. The van der Waals surface area contributed by atoms with E-state index >= 15 is 0 Å². The van der Waals surface area contributed by atoms with E-state index in [-0.39, 0.29) is 6.04 Å². The summed E-state index contributed by atoms with van der Waals surface area (Å²) >= 11 is 9.76. The number of nitrogens with one attached hydrogen (secondary N) is 1. The van der Waals surface area contributed by atoms with Crippen molar-refractivity contribution >= 4 is 27.5 Å². The van der Waals surface area contributed by atoms with E-state index in [4.69, 9.17) is 11.6 Å². The monoisotopic (exact) mass is 351 g/mol. The molecular weight excluding hydrogens is 334 g/mol. The number of hydrogen-bond donors (Lipinski definition) is 1. The van der Waals surface area contributed by atoms with E-state index < -0.39 is 0 Å². The molecule has 0 aliphatic rings. The van der Waals surface area contributed by atoms with Crippen molar-refractivity contribution in [2.24, 2.45) is 0 Å². The molecule has 0 saturated carbocycles. The molecule has 20 heavy (non-hydrogen) atoms. The molecule has 0 spiro atoms. The maximum Gasteiger partial charge on any atom is 0.0580 e. The summed E-state index contributed by atoms with van der Waals surface area (Å²) in [7, 11) is 0. The minimum Gasteiger partial charge on any atom is -0.306 e. The van der Waals surface area contributed by atoms with Crippen LogP contribution in [0.5, 0.6) is 0 Å². The lowest BCUT2D eigenvalue weighted by Crippen LogP contribution is -2.24.